The van der Waals surface area contributed by atoms with Gasteiger partial charge in [-0.1, -0.05) is 35.2 Å². The molecule has 52 valence electrons. The molecule has 0 saturated heterocycles. The Labute approximate surface area is 64.0 Å². The van der Waals surface area contributed by atoms with Gasteiger partial charge in [-0.2, -0.15) is 0 Å². The minimum atomic E-state index is 0.361. The van der Waals surface area contributed by atoms with Gasteiger partial charge < -0.3 is 0 Å². The van der Waals surface area contributed by atoms with Crippen LogP contribution in [-0.2, 0) is 4.79 Å². The van der Waals surface area contributed by atoms with Crippen LogP contribution in [0.1, 0.15) is 25.7 Å². The van der Waals surface area contributed by atoms with Gasteiger partial charge in [0, 0.05) is 6.42 Å². The van der Waals surface area contributed by atoms with E-state index in [0.717, 1.165) is 12.3 Å². The van der Waals surface area contributed by atoms with Gasteiger partial charge in [0.05, 0.1) is 5.33 Å². The maximum atomic E-state index is 10.8. The topological polar surface area (TPSA) is 17.1 Å². The highest BCUT2D eigenvalue weighted by Gasteiger charge is 2.19. The lowest BCUT2D eigenvalue weighted by atomic mass is 9.82. The fourth-order valence-corrected chi connectivity index (χ4v) is 1.30. The third-order valence-corrected chi connectivity index (χ3v) is 2.52. The van der Waals surface area contributed by atoms with E-state index in [4.69, 9.17) is 0 Å². The quantitative estimate of drug-likeness (QED) is 0.624. The summed E-state index contributed by atoms with van der Waals surface area (Å²) in [5.41, 5.74) is 0. The first-order valence-electron chi connectivity index (χ1n) is 3.40. The highest BCUT2D eigenvalue weighted by atomic mass is 79.9. The van der Waals surface area contributed by atoms with Crippen molar-refractivity contribution in [1.29, 1.82) is 0 Å². The maximum Gasteiger partial charge on any atom is 0.143 e. The number of hydrogen-bond donors (Lipinski definition) is 0. The second-order valence-corrected chi connectivity index (χ2v) is 3.23. The number of carbonyl (C=O) groups excluding carboxylic acids is 1. The third-order valence-electron chi connectivity index (χ3n) is 1.89. The monoisotopic (exact) mass is 190 g/mol. The Balaban J connectivity index is 2.09. The van der Waals surface area contributed by atoms with Crippen molar-refractivity contribution in [3.8, 4) is 0 Å². The zero-order valence-electron chi connectivity index (χ0n) is 5.40. The van der Waals surface area contributed by atoms with Crippen LogP contribution in [0.4, 0.5) is 0 Å². The SMILES string of the molecule is O=C(CBr)CC1CCC1. The van der Waals surface area contributed by atoms with E-state index in [1.54, 1.807) is 0 Å². The van der Waals surface area contributed by atoms with Crippen LogP contribution in [0.5, 0.6) is 0 Å². The molecule has 0 aromatic carbocycles. The lowest BCUT2D eigenvalue weighted by molar-refractivity contribution is -0.117. The van der Waals surface area contributed by atoms with E-state index in [1.807, 2.05) is 0 Å². The van der Waals surface area contributed by atoms with Crippen molar-refractivity contribution in [2.45, 2.75) is 25.7 Å². The minimum absolute atomic E-state index is 0.361. The van der Waals surface area contributed by atoms with Crippen LogP contribution in [0.25, 0.3) is 0 Å². The fraction of sp³-hybridized carbons (Fsp3) is 0.857. The number of halogens is 1. The second kappa shape index (κ2) is 3.35. The Morgan fingerprint density at radius 1 is 1.56 bits per heavy atom. The summed E-state index contributed by atoms with van der Waals surface area (Å²) in [5.74, 6) is 1.09. The third kappa shape index (κ3) is 2.09. The van der Waals surface area contributed by atoms with Crippen molar-refractivity contribution >= 4 is 21.7 Å². The molecule has 0 radical (unpaired) electrons. The smallest absolute Gasteiger partial charge is 0.143 e. The highest BCUT2D eigenvalue weighted by Crippen LogP contribution is 2.29. The molecule has 0 aromatic heterocycles. The van der Waals surface area contributed by atoms with Crippen LogP contribution in [0.3, 0.4) is 0 Å². The summed E-state index contributed by atoms with van der Waals surface area (Å²) in [4.78, 5) is 10.8. The zero-order valence-corrected chi connectivity index (χ0v) is 6.99. The molecule has 0 N–H and O–H groups in total. The maximum absolute atomic E-state index is 10.8. The number of alkyl halides is 1. The summed E-state index contributed by atoms with van der Waals surface area (Å²) in [6.45, 7) is 0. The van der Waals surface area contributed by atoms with Crippen molar-refractivity contribution in [3.63, 3.8) is 0 Å². The van der Waals surface area contributed by atoms with E-state index in [2.05, 4.69) is 15.9 Å². The molecule has 2 heteroatoms. The van der Waals surface area contributed by atoms with Crippen LogP contribution >= 0.6 is 15.9 Å². The van der Waals surface area contributed by atoms with Gasteiger partial charge in [-0.15, -0.1) is 0 Å². The Kier molecular flexibility index (Phi) is 2.70. The van der Waals surface area contributed by atoms with Gasteiger partial charge in [0.15, 0.2) is 0 Å². The summed E-state index contributed by atoms with van der Waals surface area (Å²) in [6.07, 6.45) is 4.70. The lowest BCUT2D eigenvalue weighted by Gasteiger charge is -2.23. The van der Waals surface area contributed by atoms with Crippen molar-refractivity contribution in [2.75, 3.05) is 5.33 Å². The second-order valence-electron chi connectivity index (χ2n) is 2.67. The summed E-state index contributed by atoms with van der Waals surface area (Å²) in [5, 5.41) is 0.545. The first kappa shape index (κ1) is 7.26. The predicted molar refractivity (Wildman–Crippen MR) is 40.8 cm³/mol. The molecule has 1 fully saturated rings. The molecule has 0 aromatic rings. The molecule has 1 aliphatic carbocycles. The Bertz CT molecular complexity index is 107. The largest absolute Gasteiger partial charge is 0.299 e. The molecule has 0 aliphatic heterocycles. The van der Waals surface area contributed by atoms with Crippen LogP contribution in [0.2, 0.25) is 0 Å². The van der Waals surface area contributed by atoms with Gasteiger partial charge >= 0.3 is 0 Å². The molecule has 1 nitrogen and oxygen atoms in total. The Hall–Kier alpha value is 0.150. The molecule has 1 aliphatic rings. The molecule has 0 bridgehead atoms. The molecule has 0 spiro atoms. The highest BCUT2D eigenvalue weighted by molar-refractivity contribution is 9.09. The van der Waals surface area contributed by atoms with Crippen LogP contribution in [0, 0.1) is 5.92 Å². The fourth-order valence-electron chi connectivity index (χ4n) is 1.07. The van der Waals surface area contributed by atoms with Gasteiger partial charge in [-0.3, -0.25) is 4.79 Å². The molecule has 0 amide bonds. The number of hydrogen-bond acceptors (Lipinski definition) is 1. The molecular weight excluding hydrogens is 180 g/mol. The van der Waals surface area contributed by atoms with Gasteiger partial charge in [-0.05, 0) is 5.92 Å². The molecule has 9 heavy (non-hydrogen) atoms. The first-order valence-corrected chi connectivity index (χ1v) is 4.52. The first-order chi connectivity index (χ1) is 4.33. The minimum Gasteiger partial charge on any atom is -0.299 e. The summed E-state index contributed by atoms with van der Waals surface area (Å²) < 4.78 is 0. The molecule has 1 saturated carbocycles. The van der Waals surface area contributed by atoms with Gasteiger partial charge in [0.25, 0.3) is 0 Å². The molecule has 0 atom stereocenters. The number of carbonyl (C=O) groups is 1. The average Bonchev–Trinajstić information content (AvgIpc) is 1.78. The Morgan fingerprint density at radius 2 is 2.22 bits per heavy atom. The van der Waals surface area contributed by atoms with E-state index in [0.29, 0.717) is 11.1 Å². The molecular formula is C7H11BrO. The van der Waals surface area contributed by atoms with E-state index in [-0.39, 0.29) is 0 Å². The van der Waals surface area contributed by atoms with Crippen LogP contribution < -0.4 is 0 Å². The predicted octanol–water partition coefficient (Wildman–Crippen LogP) is 2.14. The molecule has 1 rings (SSSR count). The van der Waals surface area contributed by atoms with E-state index in [1.165, 1.54) is 19.3 Å². The number of ketones is 1. The standard InChI is InChI=1S/C7H11BrO/c8-5-7(9)4-6-2-1-3-6/h6H,1-5H2. The molecule has 0 heterocycles. The van der Waals surface area contributed by atoms with Crippen molar-refractivity contribution in [2.24, 2.45) is 5.92 Å². The van der Waals surface area contributed by atoms with Gasteiger partial charge in [0.2, 0.25) is 0 Å². The van der Waals surface area contributed by atoms with Crippen LogP contribution in [0.15, 0.2) is 0 Å². The van der Waals surface area contributed by atoms with E-state index < -0.39 is 0 Å². The summed E-state index contributed by atoms with van der Waals surface area (Å²) in [7, 11) is 0. The van der Waals surface area contributed by atoms with Crippen molar-refractivity contribution in [3.05, 3.63) is 0 Å². The van der Waals surface area contributed by atoms with Crippen molar-refractivity contribution in [1.82, 2.24) is 0 Å². The van der Waals surface area contributed by atoms with Gasteiger partial charge in [-0.25, -0.2) is 0 Å². The van der Waals surface area contributed by atoms with Gasteiger partial charge in [0.1, 0.15) is 5.78 Å². The number of Topliss-reactive ketones (excluding diaryl/α,β-unsaturated/α-hetero) is 1. The molecule has 0 unspecified atom stereocenters. The summed E-state index contributed by atoms with van der Waals surface area (Å²) in [6, 6.07) is 0. The van der Waals surface area contributed by atoms with E-state index >= 15 is 0 Å². The zero-order chi connectivity index (χ0) is 6.69. The van der Waals surface area contributed by atoms with E-state index in [9.17, 15) is 4.79 Å². The summed E-state index contributed by atoms with van der Waals surface area (Å²) >= 11 is 3.15. The normalized spacial score (nSPS) is 19.2. The van der Waals surface area contributed by atoms with Crippen molar-refractivity contribution < 1.29 is 4.79 Å². The average molecular weight is 191 g/mol. The Morgan fingerprint density at radius 3 is 2.56 bits per heavy atom. The number of rotatable bonds is 3. The lowest BCUT2D eigenvalue weighted by Crippen LogP contribution is -2.16. The van der Waals surface area contributed by atoms with Crippen LogP contribution in [-0.4, -0.2) is 11.1 Å².